The van der Waals surface area contributed by atoms with Gasteiger partial charge in [0.15, 0.2) is 6.10 Å². The van der Waals surface area contributed by atoms with E-state index in [0.29, 0.717) is 19.3 Å². The molecule has 1 atom stereocenters. The van der Waals surface area contributed by atoms with Gasteiger partial charge in [-0.1, -0.05) is 229 Å². The number of carbonyl (C=O) groups excluding carboxylic acids is 3. The van der Waals surface area contributed by atoms with Gasteiger partial charge in [0.1, 0.15) is 13.2 Å². The maximum Gasteiger partial charge on any atom is 0.306 e. The van der Waals surface area contributed by atoms with E-state index in [1.165, 1.54) is 12.8 Å². The van der Waals surface area contributed by atoms with Crippen molar-refractivity contribution >= 4 is 17.9 Å². The number of hydrogen-bond donors (Lipinski definition) is 0. The van der Waals surface area contributed by atoms with Crippen LogP contribution in [0.25, 0.3) is 0 Å². The monoisotopic (exact) mass is 1000 g/mol. The van der Waals surface area contributed by atoms with Gasteiger partial charge in [0, 0.05) is 19.3 Å². The van der Waals surface area contributed by atoms with Crippen LogP contribution in [0.5, 0.6) is 0 Å². The van der Waals surface area contributed by atoms with Crippen molar-refractivity contribution in [3.63, 3.8) is 0 Å². The summed E-state index contributed by atoms with van der Waals surface area (Å²) < 4.78 is 16.7. The fraction of sp³-hybridized carbons (Fsp3) is 0.507. The van der Waals surface area contributed by atoms with Gasteiger partial charge in [-0.15, -0.1) is 0 Å². The Balaban J connectivity index is 4.55. The molecule has 0 aromatic heterocycles. The normalized spacial score (nSPS) is 13.5. The minimum Gasteiger partial charge on any atom is -0.462 e. The molecule has 0 aliphatic heterocycles. The molecule has 0 bridgehead atoms. The molecule has 0 fully saturated rings. The van der Waals surface area contributed by atoms with E-state index < -0.39 is 12.1 Å². The highest BCUT2D eigenvalue weighted by Gasteiger charge is 2.19. The molecule has 0 rings (SSSR count). The number of unbranched alkanes of at least 4 members (excludes halogenated alkanes) is 7. The first-order valence-electron chi connectivity index (χ1n) is 28.3. The Morgan fingerprint density at radius 2 is 0.534 bits per heavy atom. The number of carbonyl (C=O) groups is 3. The van der Waals surface area contributed by atoms with Gasteiger partial charge in [-0.2, -0.15) is 0 Å². The van der Waals surface area contributed by atoms with E-state index in [2.05, 4.69) is 191 Å². The predicted octanol–water partition coefficient (Wildman–Crippen LogP) is 19.3. The number of hydrogen-bond acceptors (Lipinski definition) is 6. The van der Waals surface area contributed by atoms with Gasteiger partial charge < -0.3 is 14.2 Å². The molecule has 0 aliphatic rings. The Bertz CT molecular complexity index is 1770. The molecule has 1 unspecified atom stereocenters. The van der Waals surface area contributed by atoms with Crippen LogP contribution < -0.4 is 0 Å². The van der Waals surface area contributed by atoms with Gasteiger partial charge in [0.05, 0.1) is 0 Å². The second-order valence-electron chi connectivity index (χ2n) is 17.7. The molecule has 404 valence electrons. The zero-order valence-corrected chi connectivity index (χ0v) is 46.1. The number of esters is 3. The lowest BCUT2D eigenvalue weighted by molar-refractivity contribution is -0.166. The van der Waals surface area contributed by atoms with Crippen LogP contribution in [0.1, 0.15) is 201 Å². The van der Waals surface area contributed by atoms with Crippen LogP contribution >= 0.6 is 0 Å². The van der Waals surface area contributed by atoms with E-state index in [0.717, 1.165) is 135 Å². The predicted molar refractivity (Wildman–Crippen MR) is 315 cm³/mol. The summed E-state index contributed by atoms with van der Waals surface area (Å²) >= 11 is 0. The highest BCUT2D eigenvalue weighted by Crippen LogP contribution is 2.11. The maximum atomic E-state index is 12.8. The van der Waals surface area contributed by atoms with Crippen LogP contribution in [-0.2, 0) is 28.6 Å². The SMILES string of the molecule is CC/C=C\C/C=C\C/C=C\C/C=C\C/C=C\C/C=C\CCCCCCCCC(=O)OCC(COC(=O)CC/C=C\C/C=C\C/C=C\C/C=C\CC)OC(=O)CCC/C=C\C/C=C\C/C=C\C/C=C\C/C=C\CC. The second-order valence-corrected chi connectivity index (χ2v) is 17.7. The molecule has 0 saturated carbocycles. The van der Waals surface area contributed by atoms with Gasteiger partial charge >= 0.3 is 17.9 Å². The minimum atomic E-state index is -0.854. The van der Waals surface area contributed by atoms with Crippen molar-refractivity contribution in [3.05, 3.63) is 182 Å². The lowest BCUT2D eigenvalue weighted by atomic mass is 10.1. The zero-order chi connectivity index (χ0) is 52.9. The first-order chi connectivity index (χ1) is 36.0. The van der Waals surface area contributed by atoms with Crippen LogP contribution in [0, 0.1) is 0 Å². The molecule has 0 aromatic carbocycles. The van der Waals surface area contributed by atoms with Crippen molar-refractivity contribution in [2.75, 3.05) is 13.2 Å². The van der Waals surface area contributed by atoms with Crippen molar-refractivity contribution in [2.45, 2.75) is 207 Å². The van der Waals surface area contributed by atoms with Gasteiger partial charge in [0.25, 0.3) is 0 Å². The van der Waals surface area contributed by atoms with Crippen molar-refractivity contribution in [3.8, 4) is 0 Å². The average molecular weight is 1000 g/mol. The first-order valence-corrected chi connectivity index (χ1v) is 28.3. The topological polar surface area (TPSA) is 78.9 Å². The summed E-state index contributed by atoms with van der Waals surface area (Å²) in [4.78, 5) is 38.1. The molecular formula is C67H100O6. The molecule has 6 nitrogen and oxygen atoms in total. The molecule has 0 aromatic rings. The highest BCUT2D eigenvalue weighted by atomic mass is 16.6. The summed E-state index contributed by atoms with van der Waals surface area (Å²) in [7, 11) is 0. The van der Waals surface area contributed by atoms with Crippen LogP contribution in [-0.4, -0.2) is 37.2 Å². The quantitative estimate of drug-likeness (QED) is 0.0262. The molecule has 73 heavy (non-hydrogen) atoms. The third-order valence-corrected chi connectivity index (χ3v) is 10.9. The summed E-state index contributed by atoms with van der Waals surface area (Å²) in [6, 6.07) is 0. The summed E-state index contributed by atoms with van der Waals surface area (Å²) in [5, 5.41) is 0. The minimum absolute atomic E-state index is 0.141. The maximum absolute atomic E-state index is 12.8. The molecule has 6 heteroatoms. The zero-order valence-electron chi connectivity index (χ0n) is 46.1. The largest absolute Gasteiger partial charge is 0.462 e. The van der Waals surface area contributed by atoms with E-state index >= 15 is 0 Å². The van der Waals surface area contributed by atoms with Gasteiger partial charge in [0.2, 0.25) is 0 Å². The number of rotatable bonds is 48. The van der Waals surface area contributed by atoms with E-state index in [1.54, 1.807) is 0 Å². The van der Waals surface area contributed by atoms with E-state index in [9.17, 15) is 14.4 Å². The summed E-state index contributed by atoms with van der Waals surface area (Å²) in [5.74, 6) is -1.11. The van der Waals surface area contributed by atoms with Crippen LogP contribution in [0.3, 0.4) is 0 Å². The molecular weight excluding hydrogens is 901 g/mol. The van der Waals surface area contributed by atoms with Gasteiger partial charge in [-0.25, -0.2) is 0 Å². The Labute approximate surface area is 446 Å². The van der Waals surface area contributed by atoms with E-state index in [-0.39, 0.29) is 38.0 Å². The Morgan fingerprint density at radius 3 is 0.890 bits per heavy atom. The van der Waals surface area contributed by atoms with Crippen LogP contribution in [0.15, 0.2) is 182 Å². The Hall–Kier alpha value is -5.49. The lowest BCUT2D eigenvalue weighted by Crippen LogP contribution is -2.30. The third kappa shape index (κ3) is 57.3. The molecule has 0 heterocycles. The molecule has 0 aliphatic carbocycles. The van der Waals surface area contributed by atoms with E-state index in [1.807, 2.05) is 12.2 Å². The molecule has 0 spiro atoms. The summed E-state index contributed by atoms with van der Waals surface area (Å²) in [6.07, 6.45) is 89.0. The van der Waals surface area contributed by atoms with Crippen molar-refractivity contribution in [1.29, 1.82) is 0 Å². The van der Waals surface area contributed by atoms with Crippen molar-refractivity contribution in [2.24, 2.45) is 0 Å². The van der Waals surface area contributed by atoms with E-state index in [4.69, 9.17) is 14.2 Å². The number of allylic oxidation sites excluding steroid dienone is 30. The summed E-state index contributed by atoms with van der Waals surface area (Å²) in [6.45, 7) is 6.14. The van der Waals surface area contributed by atoms with Crippen LogP contribution in [0.2, 0.25) is 0 Å². The number of ether oxygens (including phenoxy) is 3. The molecule has 0 amide bonds. The molecule has 0 radical (unpaired) electrons. The fourth-order valence-electron chi connectivity index (χ4n) is 6.79. The van der Waals surface area contributed by atoms with Gasteiger partial charge in [-0.3, -0.25) is 14.4 Å². The molecule has 0 saturated heterocycles. The average Bonchev–Trinajstić information content (AvgIpc) is 3.39. The van der Waals surface area contributed by atoms with Crippen LogP contribution in [0.4, 0.5) is 0 Å². The standard InChI is InChI=1S/C67H100O6/c1-4-7-10-13-16-19-22-25-27-29-30-31-32-33-34-35-36-38-39-42-45-48-51-54-57-60-66(69)72-63-64(62-71-65(68)59-56-53-50-47-44-41-24-21-18-15-12-9-6-3)73-67(70)61-58-55-52-49-46-43-40-37-28-26-23-20-17-14-11-8-5-2/h7-12,16-21,25-28,30-31,33-34,36,38,40-41,43-44,49-50,52-53,64H,4-6,13-15,22-24,29,32,35,37,39,42,45-48,51,54-63H2,1-3H3/b10-7-,11-8-,12-9-,19-16-,20-17-,21-18-,27-25-,28-26-,31-30-,34-33-,38-36-,43-40-,44-41-,52-49-,53-50-. The lowest BCUT2D eigenvalue weighted by Gasteiger charge is -2.18. The second kappa shape index (κ2) is 59.1. The van der Waals surface area contributed by atoms with Crippen molar-refractivity contribution < 1.29 is 28.6 Å². The Kier molecular flexibility index (Phi) is 54.6. The smallest absolute Gasteiger partial charge is 0.306 e. The Morgan fingerprint density at radius 1 is 0.274 bits per heavy atom. The molecule has 0 N–H and O–H groups in total. The highest BCUT2D eigenvalue weighted by molar-refractivity contribution is 5.71. The first kappa shape index (κ1) is 67.5. The summed E-state index contributed by atoms with van der Waals surface area (Å²) in [5.41, 5.74) is 0. The third-order valence-electron chi connectivity index (χ3n) is 10.9. The fourth-order valence-corrected chi connectivity index (χ4v) is 6.79. The van der Waals surface area contributed by atoms with Crippen molar-refractivity contribution in [1.82, 2.24) is 0 Å². The van der Waals surface area contributed by atoms with Gasteiger partial charge in [-0.05, 0) is 135 Å².